The Bertz CT molecular complexity index is 1830. The van der Waals surface area contributed by atoms with Crippen LogP contribution in [-0.2, 0) is 39.9 Å². The van der Waals surface area contributed by atoms with Crippen LogP contribution in [0.3, 0.4) is 0 Å². The molecule has 0 atom stereocenters. The number of benzene rings is 2. The van der Waals surface area contributed by atoms with Crippen molar-refractivity contribution >= 4 is 87.9 Å². The van der Waals surface area contributed by atoms with Crippen LogP contribution in [0.4, 0.5) is 22.7 Å². The summed E-state index contributed by atoms with van der Waals surface area (Å²) < 4.78 is 103. The lowest BCUT2D eigenvalue weighted by Crippen LogP contribution is -2.27. The molecule has 0 fully saturated rings. The number of anilines is 4. The maximum absolute atomic E-state index is 13.0. The van der Waals surface area contributed by atoms with E-state index in [-0.39, 0.29) is 11.4 Å². The van der Waals surface area contributed by atoms with Crippen molar-refractivity contribution in [3.63, 3.8) is 0 Å². The molecule has 21 heteroatoms. The summed E-state index contributed by atoms with van der Waals surface area (Å²) in [5.74, 6) is -2.54. The predicted molar refractivity (Wildman–Crippen MR) is 141 cm³/mol. The van der Waals surface area contributed by atoms with Gasteiger partial charge in [-0.3, -0.25) is 23.2 Å². The Morgan fingerprint density at radius 2 is 1.15 bits per heavy atom. The number of allylic oxidation sites excluding steroid dienone is 2. The summed E-state index contributed by atoms with van der Waals surface area (Å²) in [5, 5.41) is 2.87. The van der Waals surface area contributed by atoms with E-state index in [4.69, 9.17) is 39.4 Å². The minimum absolute atomic E-state index is 0.150. The van der Waals surface area contributed by atoms with Crippen LogP contribution in [0.15, 0.2) is 60.4 Å². The van der Waals surface area contributed by atoms with Gasteiger partial charge in [0.05, 0.1) is 24.2 Å². The third-order valence-corrected chi connectivity index (χ3v) is 8.51. The minimum Gasteiger partial charge on any atom is -0.494 e. The van der Waals surface area contributed by atoms with Crippen LogP contribution in [0, 0.1) is 0 Å². The number of nitrogens with one attached hydrogen (secondary N) is 2. The molecule has 216 valence electrons. The number of ether oxygens (including phenoxy) is 1. The summed E-state index contributed by atoms with van der Waals surface area (Å²) in [6.45, 7) is 0. The topological polar surface area (TPSA) is 283 Å². The van der Waals surface area contributed by atoms with Gasteiger partial charge in [-0.2, -0.15) is 25.3 Å². The fraction of sp³-hybridized carbons (Fsp3) is 0.0526. The van der Waals surface area contributed by atoms with Crippen LogP contribution in [0.1, 0.15) is 0 Å². The first kappa shape index (κ1) is 31.1. The first-order valence-electron chi connectivity index (χ1n) is 9.95. The molecule has 0 radical (unpaired) electrons. The second-order valence-electron chi connectivity index (χ2n) is 7.69. The Labute approximate surface area is 235 Å². The van der Waals surface area contributed by atoms with Gasteiger partial charge in [0.15, 0.2) is 0 Å². The monoisotopic (exact) mass is 658 g/mol. The maximum atomic E-state index is 13.0. The van der Waals surface area contributed by atoms with Crippen molar-refractivity contribution in [1.82, 2.24) is 0 Å². The highest BCUT2D eigenvalue weighted by atomic mass is 35.5. The molecule has 2 aromatic carbocycles. The number of nitrogens with two attached hydrogens (primary N) is 2. The second-order valence-corrected chi connectivity index (χ2v) is 12.6. The number of rotatable bonds is 8. The molecule has 0 aromatic heterocycles. The van der Waals surface area contributed by atoms with Crippen molar-refractivity contribution in [1.29, 1.82) is 0 Å². The lowest BCUT2D eigenvalue weighted by atomic mass is 10.0. The van der Waals surface area contributed by atoms with Crippen LogP contribution in [0.2, 0.25) is 0 Å². The van der Waals surface area contributed by atoms with Crippen LogP contribution in [-0.4, -0.2) is 57.6 Å². The summed E-state index contributed by atoms with van der Waals surface area (Å²) in [5.41, 5.74) is 7.20. The van der Waals surface area contributed by atoms with Crippen LogP contribution in [0.5, 0.6) is 5.75 Å². The molecule has 0 bridgehead atoms. The number of ketones is 2. The van der Waals surface area contributed by atoms with Crippen molar-refractivity contribution in [3.05, 3.63) is 45.7 Å². The van der Waals surface area contributed by atoms with Gasteiger partial charge in [-0.1, -0.05) is 23.2 Å². The summed E-state index contributed by atoms with van der Waals surface area (Å²) in [6.07, 6.45) is 0. The minimum atomic E-state index is -5.16. The molecule has 0 saturated heterocycles. The Hall–Kier alpha value is -3.43. The van der Waals surface area contributed by atoms with Crippen LogP contribution >= 0.6 is 23.2 Å². The smallest absolute Gasteiger partial charge is 0.296 e. The molecular weight excluding hydrogens is 643 g/mol. The van der Waals surface area contributed by atoms with Crippen molar-refractivity contribution in [3.8, 4) is 5.75 Å². The fourth-order valence-electron chi connectivity index (χ4n) is 3.31. The Balaban J connectivity index is 2.11. The van der Waals surface area contributed by atoms with E-state index in [1.807, 2.05) is 0 Å². The molecule has 0 heterocycles. The van der Waals surface area contributed by atoms with Crippen LogP contribution < -0.4 is 26.8 Å². The number of nitrogen functional groups attached to an aromatic ring is 2. The molecule has 2 aromatic rings. The number of hydrogen-bond acceptors (Lipinski definition) is 13. The van der Waals surface area contributed by atoms with E-state index >= 15 is 0 Å². The van der Waals surface area contributed by atoms with E-state index in [1.54, 1.807) is 0 Å². The Morgan fingerprint density at radius 3 is 1.55 bits per heavy atom. The van der Waals surface area contributed by atoms with Gasteiger partial charge in [-0.15, -0.1) is 0 Å². The van der Waals surface area contributed by atoms with Gasteiger partial charge in [0.25, 0.3) is 30.4 Å². The first-order chi connectivity index (χ1) is 18.2. The summed E-state index contributed by atoms with van der Waals surface area (Å²) in [7, 11) is -14.0. The standard InChI is InChI=1S/C19H16Cl2N4O12S3/c1-37-9-4-7(22)10(38(28,29)30)5-8(9)25-17-14(21)18(26)16(13(20)19(17)27)24-6-2-11(39(31,32)33)15(23)12(3-6)40(34,35)36/h2-5,24-25H,22-23H2,1H3,(H,28,29,30)(H,31,32,33)(H,34,35,36). The van der Waals surface area contributed by atoms with Crippen molar-refractivity contribution in [2.75, 3.05) is 29.2 Å². The molecule has 16 nitrogen and oxygen atoms in total. The summed E-state index contributed by atoms with van der Waals surface area (Å²) >= 11 is 12.1. The zero-order valence-corrected chi connectivity index (χ0v) is 23.4. The normalized spacial score (nSPS) is 14.9. The van der Waals surface area contributed by atoms with Crippen molar-refractivity contribution < 1.29 is 53.2 Å². The molecule has 3 rings (SSSR count). The quantitative estimate of drug-likeness (QED) is 0.119. The highest BCUT2D eigenvalue weighted by Crippen LogP contribution is 2.38. The third kappa shape index (κ3) is 6.00. The molecule has 1 aliphatic rings. The number of carbonyl (C=O) groups is 2. The fourth-order valence-corrected chi connectivity index (χ4v) is 5.78. The molecule has 40 heavy (non-hydrogen) atoms. The molecule has 1 aliphatic carbocycles. The van der Waals surface area contributed by atoms with E-state index in [2.05, 4.69) is 10.6 Å². The Morgan fingerprint density at radius 1 is 0.725 bits per heavy atom. The summed E-state index contributed by atoms with van der Waals surface area (Å²) in [6, 6.07) is 2.93. The van der Waals surface area contributed by atoms with E-state index in [1.165, 1.54) is 0 Å². The largest absolute Gasteiger partial charge is 0.494 e. The van der Waals surface area contributed by atoms with Gasteiger partial charge < -0.3 is 26.8 Å². The number of halogens is 2. The van der Waals surface area contributed by atoms with E-state index < -0.39 is 95.1 Å². The predicted octanol–water partition coefficient (Wildman–Crippen LogP) is 1.18. The van der Waals surface area contributed by atoms with Gasteiger partial charge in [0.2, 0.25) is 11.6 Å². The van der Waals surface area contributed by atoms with Crippen molar-refractivity contribution in [2.24, 2.45) is 0 Å². The molecule has 0 aliphatic heterocycles. The highest BCUT2D eigenvalue weighted by molar-refractivity contribution is 7.87. The maximum Gasteiger partial charge on any atom is 0.296 e. The van der Waals surface area contributed by atoms with Gasteiger partial charge >= 0.3 is 0 Å². The van der Waals surface area contributed by atoms with Gasteiger partial charge in [-0.05, 0) is 18.2 Å². The molecule has 0 amide bonds. The van der Waals surface area contributed by atoms with Crippen LogP contribution in [0.25, 0.3) is 0 Å². The van der Waals surface area contributed by atoms with E-state index in [9.17, 15) is 48.5 Å². The average molecular weight is 659 g/mol. The first-order valence-corrected chi connectivity index (χ1v) is 15.0. The van der Waals surface area contributed by atoms with E-state index in [0.29, 0.717) is 12.1 Å². The lowest BCUT2D eigenvalue weighted by molar-refractivity contribution is -0.115. The number of hydrogen-bond donors (Lipinski definition) is 7. The summed E-state index contributed by atoms with van der Waals surface area (Å²) in [4.78, 5) is 22.9. The zero-order chi connectivity index (χ0) is 30.5. The zero-order valence-electron chi connectivity index (χ0n) is 19.5. The second kappa shape index (κ2) is 10.5. The molecule has 0 saturated carbocycles. The number of carbonyl (C=O) groups excluding carboxylic acids is 2. The number of Topliss-reactive ketones (excluding diaryl/α,β-unsaturated/α-hetero) is 2. The SMILES string of the molecule is COc1cc(N)c(S(=O)(=O)O)cc1NC1=C(Cl)C(=O)C(Nc2cc(S(=O)(=O)O)c(N)c(S(=O)(=O)O)c2)=C(Cl)C1=O. The average Bonchev–Trinajstić information content (AvgIpc) is 2.82. The van der Waals surface area contributed by atoms with Crippen molar-refractivity contribution in [2.45, 2.75) is 14.7 Å². The third-order valence-electron chi connectivity index (χ3n) is 5.09. The molecule has 0 spiro atoms. The van der Waals surface area contributed by atoms with E-state index in [0.717, 1.165) is 19.2 Å². The molecular formula is C19H16Cl2N4O12S3. The molecule has 9 N–H and O–H groups in total. The number of methoxy groups -OCH3 is 1. The lowest BCUT2D eigenvalue weighted by Gasteiger charge is -2.22. The van der Waals surface area contributed by atoms with Gasteiger partial charge in [-0.25, -0.2) is 0 Å². The molecule has 0 unspecified atom stereocenters. The Kier molecular flexibility index (Phi) is 8.18. The van der Waals surface area contributed by atoms with Gasteiger partial charge in [0, 0.05) is 11.8 Å². The highest BCUT2D eigenvalue weighted by Gasteiger charge is 2.35. The van der Waals surface area contributed by atoms with Gasteiger partial charge in [0.1, 0.15) is 41.9 Å².